The van der Waals surface area contributed by atoms with Crippen LogP contribution in [0, 0.1) is 0 Å². The zero-order valence-corrected chi connectivity index (χ0v) is 24.6. The standard InChI is InChI=1S/C30H38N6O4S/c1-4-35-20-23-11-12-41(39,40)34(3)26-14-24(15-27(35)29(23)26)30(38)33-25(13-21-9-7-6-8-10-21)28(37)18-31-16-22-17-32-36(5-2)19-22/h6-10,14-15,17,19-20,25,28,31,37H,4-5,11-13,16,18H2,1-3H3,(H,33,38)/t25-,28+/m0/s1. The Morgan fingerprint density at radius 3 is 2.59 bits per heavy atom. The van der Waals surface area contributed by atoms with Crippen LogP contribution in [0.1, 0.15) is 40.9 Å². The number of sulfonamides is 1. The number of benzene rings is 2. The molecule has 2 aromatic carbocycles. The lowest BCUT2D eigenvalue weighted by Gasteiger charge is -2.25. The Morgan fingerprint density at radius 1 is 1.10 bits per heavy atom. The second-order valence-corrected chi connectivity index (χ2v) is 12.7. The topological polar surface area (TPSA) is 121 Å². The SMILES string of the molecule is CCn1cc(CNC[C@@H](O)[C@H](Cc2ccccc2)NC(=O)c2cc3c4c(cn(CC)c4c2)CCS(=O)(=O)N3C)cn1. The van der Waals surface area contributed by atoms with Crippen molar-refractivity contribution in [1.29, 1.82) is 0 Å². The van der Waals surface area contributed by atoms with Gasteiger partial charge in [0.15, 0.2) is 0 Å². The monoisotopic (exact) mass is 578 g/mol. The fourth-order valence-electron chi connectivity index (χ4n) is 5.43. The summed E-state index contributed by atoms with van der Waals surface area (Å²) in [6, 6.07) is 12.6. The molecule has 10 nitrogen and oxygen atoms in total. The van der Waals surface area contributed by atoms with E-state index in [0.29, 0.717) is 37.2 Å². The molecule has 0 bridgehead atoms. The average Bonchev–Trinajstić information content (AvgIpc) is 3.57. The van der Waals surface area contributed by atoms with Gasteiger partial charge >= 0.3 is 0 Å². The first-order valence-electron chi connectivity index (χ1n) is 14.1. The molecule has 1 amide bonds. The molecule has 0 radical (unpaired) electrons. The summed E-state index contributed by atoms with van der Waals surface area (Å²) < 4.78 is 31.0. The van der Waals surface area contributed by atoms with Crippen LogP contribution < -0.4 is 14.9 Å². The molecule has 0 saturated carbocycles. The fraction of sp³-hybridized carbons (Fsp3) is 0.400. The summed E-state index contributed by atoms with van der Waals surface area (Å²) >= 11 is 0. The number of aryl methyl sites for hydroxylation is 3. The largest absolute Gasteiger partial charge is 0.390 e. The van der Waals surface area contributed by atoms with Crippen LogP contribution in [0.5, 0.6) is 0 Å². The van der Waals surface area contributed by atoms with E-state index in [2.05, 4.69) is 20.3 Å². The smallest absolute Gasteiger partial charge is 0.251 e. The van der Waals surface area contributed by atoms with Gasteiger partial charge in [0.25, 0.3) is 5.91 Å². The predicted octanol–water partition coefficient (Wildman–Crippen LogP) is 2.69. The number of hydrogen-bond donors (Lipinski definition) is 3. The van der Waals surface area contributed by atoms with Crippen molar-refractivity contribution in [1.82, 2.24) is 25.0 Å². The lowest BCUT2D eigenvalue weighted by Crippen LogP contribution is -2.48. The molecule has 41 heavy (non-hydrogen) atoms. The van der Waals surface area contributed by atoms with E-state index in [1.165, 1.54) is 4.31 Å². The van der Waals surface area contributed by atoms with Gasteiger partial charge in [-0.1, -0.05) is 30.3 Å². The molecule has 218 valence electrons. The summed E-state index contributed by atoms with van der Waals surface area (Å²) in [6.07, 6.45) is 5.73. The summed E-state index contributed by atoms with van der Waals surface area (Å²) in [7, 11) is -1.97. The van der Waals surface area contributed by atoms with Crippen LogP contribution in [-0.2, 0) is 42.5 Å². The highest BCUT2D eigenvalue weighted by Crippen LogP contribution is 2.36. The third-order valence-electron chi connectivity index (χ3n) is 7.80. The van der Waals surface area contributed by atoms with Gasteiger partial charge in [0.2, 0.25) is 10.0 Å². The van der Waals surface area contributed by atoms with Gasteiger partial charge in [-0.15, -0.1) is 0 Å². The van der Waals surface area contributed by atoms with Crippen LogP contribution in [0.4, 0.5) is 5.69 Å². The summed E-state index contributed by atoms with van der Waals surface area (Å²) in [4.78, 5) is 13.7. The van der Waals surface area contributed by atoms with Crippen molar-refractivity contribution in [2.75, 3.05) is 23.7 Å². The lowest BCUT2D eigenvalue weighted by atomic mass is 10.00. The van der Waals surface area contributed by atoms with Crippen LogP contribution in [0.2, 0.25) is 0 Å². The third-order valence-corrected chi connectivity index (χ3v) is 9.55. The maximum absolute atomic E-state index is 13.7. The quantitative estimate of drug-likeness (QED) is 0.252. The maximum atomic E-state index is 13.7. The van der Waals surface area contributed by atoms with E-state index in [-0.39, 0.29) is 18.2 Å². The van der Waals surface area contributed by atoms with E-state index in [0.717, 1.165) is 34.1 Å². The van der Waals surface area contributed by atoms with Crippen molar-refractivity contribution in [2.24, 2.45) is 0 Å². The normalized spacial score (nSPS) is 16.0. The number of amides is 1. The third kappa shape index (κ3) is 6.17. The molecular formula is C30H38N6O4S. The van der Waals surface area contributed by atoms with E-state index in [1.54, 1.807) is 19.3 Å². The van der Waals surface area contributed by atoms with E-state index < -0.39 is 22.2 Å². The van der Waals surface area contributed by atoms with E-state index >= 15 is 0 Å². The number of aromatic nitrogens is 3. The van der Waals surface area contributed by atoms with Crippen LogP contribution in [-0.4, -0.2) is 65.3 Å². The molecule has 4 aromatic rings. The summed E-state index contributed by atoms with van der Waals surface area (Å²) in [5.41, 5.74) is 4.63. The number of anilines is 1. The van der Waals surface area contributed by atoms with Crippen LogP contribution >= 0.6 is 0 Å². The molecule has 5 rings (SSSR count). The van der Waals surface area contributed by atoms with Gasteiger partial charge in [-0.2, -0.15) is 5.10 Å². The number of aliphatic hydroxyl groups excluding tert-OH is 1. The highest BCUT2D eigenvalue weighted by atomic mass is 32.2. The molecule has 11 heteroatoms. The summed E-state index contributed by atoms with van der Waals surface area (Å²) in [5.74, 6) is -0.354. The number of rotatable bonds is 11. The Balaban J connectivity index is 1.41. The Hall–Kier alpha value is -3.67. The highest BCUT2D eigenvalue weighted by Gasteiger charge is 2.29. The fourth-order valence-corrected chi connectivity index (χ4v) is 6.62. The molecule has 3 heterocycles. The average molecular weight is 579 g/mol. The number of carbonyl (C=O) groups excluding carboxylic acids is 1. The molecule has 0 aliphatic carbocycles. The Bertz CT molecular complexity index is 1630. The molecule has 0 saturated heterocycles. The molecular weight excluding hydrogens is 540 g/mol. The van der Waals surface area contributed by atoms with Gasteiger partial charge < -0.3 is 20.3 Å². The number of aliphatic hydroxyl groups is 1. The predicted molar refractivity (Wildman–Crippen MR) is 161 cm³/mol. The van der Waals surface area contributed by atoms with Crippen molar-refractivity contribution in [3.8, 4) is 0 Å². The number of carbonyl (C=O) groups is 1. The molecule has 2 atom stereocenters. The molecule has 0 spiro atoms. The first-order valence-corrected chi connectivity index (χ1v) is 15.7. The summed E-state index contributed by atoms with van der Waals surface area (Å²) in [6.45, 7) is 6.33. The Morgan fingerprint density at radius 2 is 1.88 bits per heavy atom. The number of nitrogens with zero attached hydrogens (tertiary/aromatic N) is 4. The van der Waals surface area contributed by atoms with E-state index in [4.69, 9.17) is 0 Å². The number of hydrogen-bond acceptors (Lipinski definition) is 6. The molecule has 2 aromatic heterocycles. The summed E-state index contributed by atoms with van der Waals surface area (Å²) in [5, 5.41) is 22.7. The minimum Gasteiger partial charge on any atom is -0.390 e. The molecule has 1 aliphatic rings. The second kappa shape index (κ2) is 12.1. The zero-order chi connectivity index (χ0) is 29.1. The van der Waals surface area contributed by atoms with Crippen molar-refractivity contribution < 1.29 is 18.3 Å². The first kappa shape index (κ1) is 28.8. The molecule has 1 aliphatic heterocycles. The van der Waals surface area contributed by atoms with Crippen molar-refractivity contribution in [3.05, 3.63) is 83.3 Å². The lowest BCUT2D eigenvalue weighted by molar-refractivity contribution is 0.0830. The van der Waals surface area contributed by atoms with Gasteiger partial charge in [0.05, 0.1) is 35.3 Å². The van der Waals surface area contributed by atoms with Gasteiger partial charge in [0, 0.05) is 62.1 Å². The van der Waals surface area contributed by atoms with Gasteiger partial charge in [-0.05, 0) is 49.9 Å². The van der Waals surface area contributed by atoms with Gasteiger partial charge in [0.1, 0.15) is 0 Å². The minimum absolute atomic E-state index is 0.0140. The Labute approximate surface area is 241 Å². The van der Waals surface area contributed by atoms with Crippen LogP contribution in [0.3, 0.4) is 0 Å². The molecule has 3 N–H and O–H groups in total. The van der Waals surface area contributed by atoms with Crippen molar-refractivity contribution >= 4 is 32.5 Å². The zero-order valence-electron chi connectivity index (χ0n) is 23.7. The van der Waals surface area contributed by atoms with Crippen LogP contribution in [0.25, 0.3) is 10.9 Å². The van der Waals surface area contributed by atoms with Gasteiger partial charge in [-0.25, -0.2) is 8.42 Å². The highest BCUT2D eigenvalue weighted by molar-refractivity contribution is 7.92. The second-order valence-electron chi connectivity index (χ2n) is 10.5. The van der Waals surface area contributed by atoms with Crippen molar-refractivity contribution in [3.63, 3.8) is 0 Å². The first-order chi connectivity index (χ1) is 19.7. The van der Waals surface area contributed by atoms with Crippen molar-refractivity contribution in [2.45, 2.75) is 58.5 Å². The van der Waals surface area contributed by atoms with Gasteiger partial charge in [-0.3, -0.25) is 13.8 Å². The molecule has 0 fully saturated rings. The molecule has 0 unspecified atom stereocenters. The van der Waals surface area contributed by atoms with E-state index in [1.807, 2.05) is 67.3 Å². The number of nitrogens with one attached hydrogen (secondary N) is 2. The minimum atomic E-state index is -3.52. The van der Waals surface area contributed by atoms with E-state index in [9.17, 15) is 18.3 Å². The van der Waals surface area contributed by atoms with Crippen LogP contribution in [0.15, 0.2) is 61.1 Å². The Kier molecular flexibility index (Phi) is 8.48. The maximum Gasteiger partial charge on any atom is 0.251 e.